The van der Waals surface area contributed by atoms with Crippen molar-refractivity contribution in [2.45, 2.75) is 38.0 Å². The molecule has 1 aromatic carbocycles. The van der Waals surface area contributed by atoms with Crippen molar-refractivity contribution < 1.29 is 9.53 Å². The lowest BCUT2D eigenvalue weighted by Crippen LogP contribution is -2.35. The van der Waals surface area contributed by atoms with E-state index in [9.17, 15) is 4.79 Å². The molecule has 0 saturated carbocycles. The number of primary amides is 1. The molecule has 2 rings (SSSR count). The highest BCUT2D eigenvalue weighted by Gasteiger charge is 2.28. The number of carbonyl (C=O) groups is 1. The van der Waals surface area contributed by atoms with Crippen molar-refractivity contribution in [3.05, 3.63) is 33.8 Å². The van der Waals surface area contributed by atoms with Gasteiger partial charge < -0.3 is 21.5 Å². The van der Waals surface area contributed by atoms with Gasteiger partial charge >= 0.3 is 0 Å². The number of hydrogen-bond donors (Lipinski definition) is 3. The molecular weight excluding hydrogens is 466 g/mol. The Hall–Kier alpha value is -0.770. The summed E-state index contributed by atoms with van der Waals surface area (Å²) in [4.78, 5) is 15.3. The minimum absolute atomic E-state index is 0. The Morgan fingerprint density at radius 3 is 2.71 bits per heavy atom. The Morgan fingerprint density at radius 2 is 2.12 bits per heavy atom. The first-order valence-corrected chi connectivity index (χ1v) is 8.08. The molecular formula is C15H21Cl2IN4O2. The van der Waals surface area contributed by atoms with Crippen LogP contribution >= 0.6 is 47.2 Å². The van der Waals surface area contributed by atoms with Gasteiger partial charge in [0, 0.05) is 10.0 Å². The summed E-state index contributed by atoms with van der Waals surface area (Å²) < 4.78 is 5.49. The van der Waals surface area contributed by atoms with Crippen LogP contribution in [-0.4, -0.2) is 30.6 Å². The number of guanidine groups is 1. The number of halogens is 3. The first-order valence-electron chi connectivity index (χ1n) is 7.33. The van der Waals surface area contributed by atoms with Crippen molar-refractivity contribution in [2.75, 3.05) is 6.54 Å². The monoisotopic (exact) mass is 486 g/mol. The Morgan fingerprint density at radius 1 is 1.42 bits per heavy atom. The van der Waals surface area contributed by atoms with Gasteiger partial charge in [-0.15, -0.1) is 24.0 Å². The number of amides is 1. The Kier molecular flexibility index (Phi) is 8.55. The molecule has 1 saturated heterocycles. The molecule has 1 fully saturated rings. The zero-order valence-corrected chi connectivity index (χ0v) is 17.0. The van der Waals surface area contributed by atoms with Gasteiger partial charge in [0.25, 0.3) is 0 Å². The predicted molar refractivity (Wildman–Crippen MR) is 107 cm³/mol. The lowest BCUT2D eigenvalue weighted by molar-refractivity contribution is -0.128. The lowest BCUT2D eigenvalue weighted by Gasteiger charge is -2.17. The Bertz CT molecular complexity index is 615. The van der Waals surface area contributed by atoms with Crippen LogP contribution in [0.1, 0.15) is 31.4 Å². The highest BCUT2D eigenvalue weighted by molar-refractivity contribution is 14.0. The average Bonchev–Trinajstić information content (AvgIpc) is 2.94. The van der Waals surface area contributed by atoms with Gasteiger partial charge in [-0.1, -0.05) is 29.3 Å². The predicted octanol–water partition coefficient (Wildman–Crippen LogP) is 2.61. The minimum Gasteiger partial charge on any atom is -0.370 e. The van der Waals surface area contributed by atoms with Crippen molar-refractivity contribution in [1.82, 2.24) is 5.32 Å². The van der Waals surface area contributed by atoms with Crippen LogP contribution in [0.3, 0.4) is 0 Å². The van der Waals surface area contributed by atoms with E-state index in [1.165, 1.54) is 0 Å². The first-order chi connectivity index (χ1) is 10.9. The van der Waals surface area contributed by atoms with Crippen LogP contribution in [0.2, 0.25) is 10.0 Å². The van der Waals surface area contributed by atoms with Crippen LogP contribution in [0.15, 0.2) is 23.2 Å². The largest absolute Gasteiger partial charge is 0.370 e. The van der Waals surface area contributed by atoms with Gasteiger partial charge in [0.05, 0.1) is 18.7 Å². The van der Waals surface area contributed by atoms with Gasteiger partial charge in [0.15, 0.2) is 5.96 Å². The smallest absolute Gasteiger partial charge is 0.246 e. The molecule has 0 radical (unpaired) electrons. The van der Waals surface area contributed by atoms with E-state index in [2.05, 4.69) is 10.3 Å². The fourth-order valence-corrected chi connectivity index (χ4v) is 3.02. The van der Waals surface area contributed by atoms with E-state index in [1.54, 1.807) is 12.1 Å². The van der Waals surface area contributed by atoms with Gasteiger partial charge in [-0.2, -0.15) is 0 Å². The summed E-state index contributed by atoms with van der Waals surface area (Å²) in [5.41, 5.74) is 12.0. The molecule has 1 amide bonds. The van der Waals surface area contributed by atoms with Crippen LogP contribution in [0, 0.1) is 0 Å². The van der Waals surface area contributed by atoms with Gasteiger partial charge in [-0.05, 0) is 37.5 Å². The van der Waals surface area contributed by atoms with Gasteiger partial charge in [-0.25, -0.2) is 0 Å². The molecule has 3 unspecified atom stereocenters. The van der Waals surface area contributed by atoms with E-state index >= 15 is 0 Å². The van der Waals surface area contributed by atoms with Crippen LogP contribution in [0.4, 0.5) is 0 Å². The van der Waals surface area contributed by atoms with Crippen LogP contribution in [0.25, 0.3) is 0 Å². The molecule has 0 spiro atoms. The Labute approximate surface area is 168 Å². The van der Waals surface area contributed by atoms with Crippen LogP contribution in [-0.2, 0) is 9.53 Å². The fourth-order valence-electron chi connectivity index (χ4n) is 2.45. The maximum atomic E-state index is 11.0. The maximum absolute atomic E-state index is 11.0. The summed E-state index contributed by atoms with van der Waals surface area (Å²) in [6, 6.07) is 5.17. The fraction of sp³-hybridized carbons (Fsp3) is 0.467. The molecule has 9 heteroatoms. The quantitative estimate of drug-likeness (QED) is 0.338. The van der Waals surface area contributed by atoms with Crippen molar-refractivity contribution in [3.8, 4) is 0 Å². The summed E-state index contributed by atoms with van der Waals surface area (Å²) in [7, 11) is 0. The molecule has 0 bridgehead atoms. The summed E-state index contributed by atoms with van der Waals surface area (Å²) in [6.45, 7) is 2.30. The second-order valence-corrected chi connectivity index (χ2v) is 6.33. The summed E-state index contributed by atoms with van der Waals surface area (Å²) >= 11 is 12.0. The van der Waals surface area contributed by atoms with E-state index in [1.807, 2.05) is 13.0 Å². The van der Waals surface area contributed by atoms with E-state index in [4.69, 9.17) is 39.4 Å². The number of benzene rings is 1. The number of aliphatic imine (C=N–C) groups is 1. The molecule has 1 heterocycles. The number of carbonyl (C=O) groups excluding carboxylic acids is 1. The van der Waals surface area contributed by atoms with Crippen LogP contribution in [0.5, 0.6) is 0 Å². The third-order valence-corrected chi connectivity index (χ3v) is 4.25. The average molecular weight is 487 g/mol. The molecule has 5 N–H and O–H groups in total. The van der Waals surface area contributed by atoms with Gasteiger partial charge in [0.2, 0.25) is 5.91 Å². The molecule has 0 aromatic heterocycles. The molecule has 24 heavy (non-hydrogen) atoms. The molecule has 1 aliphatic rings. The third kappa shape index (κ3) is 5.94. The van der Waals surface area contributed by atoms with E-state index in [-0.39, 0.29) is 42.1 Å². The molecule has 0 aliphatic carbocycles. The normalized spacial score (nSPS) is 21.9. The third-order valence-electron chi connectivity index (χ3n) is 3.68. The number of rotatable bonds is 5. The topological polar surface area (TPSA) is 103 Å². The number of hydrogen-bond acceptors (Lipinski definition) is 3. The van der Waals surface area contributed by atoms with E-state index < -0.39 is 12.0 Å². The first kappa shape index (κ1) is 21.3. The van der Waals surface area contributed by atoms with Gasteiger partial charge in [0.1, 0.15) is 6.10 Å². The van der Waals surface area contributed by atoms with Crippen LogP contribution < -0.4 is 16.8 Å². The zero-order valence-electron chi connectivity index (χ0n) is 13.2. The molecule has 1 aromatic rings. The molecule has 1 aliphatic heterocycles. The SMILES string of the molecule is CC(NC(N)=NCC1CCC(C(N)=O)O1)c1ccc(Cl)cc1Cl.I. The zero-order chi connectivity index (χ0) is 17.0. The van der Waals surface area contributed by atoms with Crippen molar-refractivity contribution in [2.24, 2.45) is 16.5 Å². The van der Waals surface area contributed by atoms with E-state index in [0.29, 0.717) is 23.0 Å². The van der Waals surface area contributed by atoms with Crippen molar-refractivity contribution in [1.29, 1.82) is 0 Å². The van der Waals surface area contributed by atoms with Gasteiger partial charge in [-0.3, -0.25) is 9.79 Å². The summed E-state index contributed by atoms with van der Waals surface area (Å²) in [6.07, 6.45) is 0.709. The number of nitrogens with one attached hydrogen (secondary N) is 1. The summed E-state index contributed by atoms with van der Waals surface area (Å²) in [5, 5.41) is 4.21. The minimum atomic E-state index is -0.517. The molecule has 3 atom stereocenters. The van der Waals surface area contributed by atoms with E-state index in [0.717, 1.165) is 12.0 Å². The maximum Gasteiger partial charge on any atom is 0.246 e. The lowest BCUT2D eigenvalue weighted by atomic mass is 10.1. The molecule has 6 nitrogen and oxygen atoms in total. The second kappa shape index (κ2) is 9.65. The standard InChI is InChI=1S/C15H20Cl2N4O2.HI/c1-8(11-4-2-9(16)6-12(11)17)21-15(19)20-7-10-3-5-13(23-10)14(18)22;/h2,4,6,8,10,13H,3,5,7H2,1H3,(H2,18,22)(H3,19,20,21);1H. The highest BCUT2D eigenvalue weighted by Crippen LogP contribution is 2.26. The Balaban J connectivity index is 0.00000288. The molecule has 134 valence electrons. The van der Waals surface area contributed by atoms with Crippen molar-refractivity contribution in [3.63, 3.8) is 0 Å². The summed E-state index contributed by atoms with van der Waals surface area (Å²) in [5.74, 6) is -0.150. The van der Waals surface area contributed by atoms with Crippen molar-refractivity contribution >= 4 is 59.0 Å². The number of ether oxygens (including phenoxy) is 1. The second-order valence-electron chi connectivity index (χ2n) is 5.48. The highest BCUT2D eigenvalue weighted by atomic mass is 127. The number of nitrogens with zero attached hydrogens (tertiary/aromatic N) is 1. The number of nitrogens with two attached hydrogens (primary N) is 2.